The highest BCUT2D eigenvalue weighted by atomic mass is 16.2. The van der Waals surface area contributed by atoms with E-state index in [0.29, 0.717) is 0 Å². The summed E-state index contributed by atoms with van der Waals surface area (Å²) in [6, 6.07) is 0. The molecule has 23 heavy (non-hydrogen) atoms. The van der Waals surface area contributed by atoms with Crippen LogP contribution in [0.5, 0.6) is 0 Å². The molecule has 6 nitrogen and oxygen atoms in total. The van der Waals surface area contributed by atoms with Crippen LogP contribution in [0.25, 0.3) is 0 Å². The molecule has 6 heteroatoms. The van der Waals surface area contributed by atoms with Crippen LogP contribution < -0.4 is 0 Å². The van der Waals surface area contributed by atoms with E-state index in [4.69, 9.17) is 6.42 Å². The molecule has 4 unspecified atom stereocenters. The van der Waals surface area contributed by atoms with Crippen molar-refractivity contribution in [1.82, 2.24) is 9.80 Å². The second-order valence-corrected chi connectivity index (χ2v) is 6.42. The Balaban J connectivity index is 1.72. The topological polar surface area (TPSA) is 74.8 Å². The van der Waals surface area contributed by atoms with E-state index in [0.717, 1.165) is 11.3 Å². The molecule has 1 aliphatic heterocycles. The number of amides is 3. The number of likely N-dealkylation sites (tertiary alicyclic amines) is 1. The van der Waals surface area contributed by atoms with Gasteiger partial charge in [0.15, 0.2) is 0 Å². The van der Waals surface area contributed by atoms with Crippen LogP contribution in [0, 0.1) is 36.0 Å². The van der Waals surface area contributed by atoms with Gasteiger partial charge in [0, 0.05) is 0 Å². The summed E-state index contributed by atoms with van der Waals surface area (Å²) >= 11 is 0. The van der Waals surface area contributed by atoms with Gasteiger partial charge in [0.2, 0.25) is 17.7 Å². The highest BCUT2D eigenvalue weighted by molar-refractivity contribution is 6.08. The van der Waals surface area contributed by atoms with Crippen molar-refractivity contribution in [2.24, 2.45) is 23.7 Å². The van der Waals surface area contributed by atoms with Gasteiger partial charge >= 0.3 is 0 Å². The van der Waals surface area contributed by atoms with Crippen LogP contribution in [0.3, 0.4) is 0 Å². The molecule has 1 saturated carbocycles. The molecule has 0 aromatic carbocycles. The molecule has 0 aromatic heterocycles. The number of Topliss-reactive ketones (excluding diaryl/α,β-unsaturated/α-hetero) is 1. The molecule has 2 aliphatic carbocycles. The molecule has 4 atom stereocenters. The van der Waals surface area contributed by atoms with Crippen molar-refractivity contribution in [3.05, 3.63) is 12.2 Å². The second kappa shape index (κ2) is 5.65. The number of rotatable bonds is 5. The summed E-state index contributed by atoms with van der Waals surface area (Å²) in [7, 11) is 0. The summed E-state index contributed by atoms with van der Waals surface area (Å²) in [4.78, 5) is 50.8. The molecule has 0 radical (unpaired) electrons. The number of nitrogens with zero attached hydrogens (tertiary/aromatic N) is 2. The third kappa shape index (κ3) is 2.46. The minimum Gasteiger partial charge on any atom is -0.323 e. The molecule has 3 aliphatic rings. The molecule has 2 fully saturated rings. The number of ketones is 1. The van der Waals surface area contributed by atoms with E-state index in [2.05, 4.69) is 5.92 Å². The van der Waals surface area contributed by atoms with Crippen LogP contribution in [0.2, 0.25) is 0 Å². The SMILES string of the molecule is C#CCN(CC(C)=O)C(=O)CN1C(=O)C2C3C=CC(C3)C2C1=O. The van der Waals surface area contributed by atoms with Crippen molar-refractivity contribution in [2.45, 2.75) is 13.3 Å². The first-order valence-corrected chi connectivity index (χ1v) is 7.68. The molecular weight excluding hydrogens is 296 g/mol. The number of fused-ring (bicyclic) bond motifs is 5. The van der Waals surface area contributed by atoms with E-state index in [1.165, 1.54) is 11.8 Å². The minimum atomic E-state index is -0.472. The molecule has 2 bridgehead atoms. The lowest BCUT2D eigenvalue weighted by Crippen LogP contribution is -2.45. The largest absolute Gasteiger partial charge is 0.323 e. The predicted octanol–water partition coefficient (Wildman–Crippen LogP) is -0.156. The van der Waals surface area contributed by atoms with E-state index < -0.39 is 5.91 Å². The second-order valence-electron chi connectivity index (χ2n) is 6.42. The van der Waals surface area contributed by atoms with Crippen LogP contribution in [-0.4, -0.2) is 52.9 Å². The Hall–Kier alpha value is -2.42. The number of hydrogen-bond acceptors (Lipinski definition) is 4. The lowest BCUT2D eigenvalue weighted by molar-refractivity contribution is -0.147. The Labute approximate surface area is 134 Å². The molecule has 0 N–H and O–H groups in total. The quantitative estimate of drug-likeness (QED) is 0.402. The van der Waals surface area contributed by atoms with E-state index in [9.17, 15) is 19.2 Å². The zero-order chi connectivity index (χ0) is 16.7. The van der Waals surface area contributed by atoms with Gasteiger partial charge in [-0.05, 0) is 25.2 Å². The summed E-state index contributed by atoms with van der Waals surface area (Å²) in [6.45, 7) is 0.892. The molecule has 1 heterocycles. The van der Waals surface area contributed by atoms with Gasteiger partial charge in [0.1, 0.15) is 12.3 Å². The lowest BCUT2D eigenvalue weighted by atomic mass is 9.85. The maximum atomic E-state index is 12.5. The number of terminal acetylenes is 1. The zero-order valence-electron chi connectivity index (χ0n) is 12.9. The first kappa shape index (κ1) is 15.5. The fourth-order valence-electron chi connectivity index (χ4n) is 3.97. The Bertz CT molecular complexity index is 630. The maximum Gasteiger partial charge on any atom is 0.243 e. The number of allylic oxidation sites excluding steroid dienone is 2. The third-order valence-corrected chi connectivity index (χ3v) is 4.90. The van der Waals surface area contributed by atoms with Crippen molar-refractivity contribution < 1.29 is 19.2 Å². The van der Waals surface area contributed by atoms with E-state index >= 15 is 0 Å². The first-order valence-electron chi connectivity index (χ1n) is 7.68. The molecule has 0 spiro atoms. The normalized spacial score (nSPS) is 30.5. The fraction of sp³-hybridized carbons (Fsp3) is 0.529. The van der Waals surface area contributed by atoms with E-state index in [1.807, 2.05) is 12.2 Å². The summed E-state index contributed by atoms with van der Waals surface area (Å²) < 4.78 is 0. The predicted molar refractivity (Wildman–Crippen MR) is 80.5 cm³/mol. The Morgan fingerprint density at radius 1 is 1.26 bits per heavy atom. The molecule has 3 rings (SSSR count). The van der Waals surface area contributed by atoms with Gasteiger partial charge in [-0.1, -0.05) is 18.1 Å². The standard InChI is InChI=1S/C17H18N2O4/c1-3-6-18(8-10(2)20)13(21)9-19-16(22)14-11-4-5-12(7-11)15(14)17(19)23/h1,4-5,11-12,14-15H,6-9H2,2H3. The van der Waals surface area contributed by atoms with Crippen molar-refractivity contribution in [2.75, 3.05) is 19.6 Å². The number of hydrogen-bond donors (Lipinski definition) is 0. The van der Waals surface area contributed by atoms with Crippen LogP contribution >= 0.6 is 0 Å². The monoisotopic (exact) mass is 314 g/mol. The summed E-state index contributed by atoms with van der Waals surface area (Å²) in [5.41, 5.74) is 0. The highest BCUT2D eigenvalue weighted by Crippen LogP contribution is 2.52. The first-order chi connectivity index (χ1) is 10.9. The van der Waals surface area contributed by atoms with Crippen LogP contribution in [0.4, 0.5) is 0 Å². The van der Waals surface area contributed by atoms with Crippen LogP contribution in [-0.2, 0) is 19.2 Å². The maximum absolute atomic E-state index is 12.5. The summed E-state index contributed by atoms with van der Waals surface area (Å²) in [5, 5.41) is 0. The van der Waals surface area contributed by atoms with Gasteiger partial charge in [-0.25, -0.2) is 0 Å². The Kier molecular flexibility index (Phi) is 3.80. The van der Waals surface area contributed by atoms with Gasteiger partial charge in [0.25, 0.3) is 0 Å². The van der Waals surface area contributed by atoms with E-state index in [-0.39, 0.29) is 60.9 Å². The van der Waals surface area contributed by atoms with Gasteiger partial charge in [-0.15, -0.1) is 6.42 Å². The summed E-state index contributed by atoms with van der Waals surface area (Å²) in [5.74, 6) is 0.689. The van der Waals surface area contributed by atoms with Gasteiger partial charge in [-0.2, -0.15) is 0 Å². The molecule has 3 amide bonds. The Morgan fingerprint density at radius 2 is 1.83 bits per heavy atom. The molecule has 0 aromatic rings. The molecule has 120 valence electrons. The number of carbonyl (C=O) groups excluding carboxylic acids is 4. The highest BCUT2D eigenvalue weighted by Gasteiger charge is 2.59. The average Bonchev–Trinajstić information content (AvgIpc) is 3.16. The van der Waals surface area contributed by atoms with E-state index in [1.54, 1.807) is 0 Å². The van der Waals surface area contributed by atoms with Crippen molar-refractivity contribution >= 4 is 23.5 Å². The van der Waals surface area contributed by atoms with Gasteiger partial charge < -0.3 is 4.90 Å². The van der Waals surface area contributed by atoms with Gasteiger partial charge in [-0.3, -0.25) is 24.1 Å². The van der Waals surface area contributed by atoms with Crippen LogP contribution in [0.15, 0.2) is 12.2 Å². The Morgan fingerprint density at radius 3 is 2.30 bits per heavy atom. The van der Waals surface area contributed by atoms with Crippen molar-refractivity contribution in [3.8, 4) is 12.3 Å². The number of imide groups is 1. The third-order valence-electron chi connectivity index (χ3n) is 4.90. The summed E-state index contributed by atoms with van der Waals surface area (Å²) in [6.07, 6.45) is 10.1. The lowest BCUT2D eigenvalue weighted by Gasteiger charge is -2.23. The molecule has 1 saturated heterocycles. The number of carbonyl (C=O) groups is 4. The van der Waals surface area contributed by atoms with Crippen molar-refractivity contribution in [3.63, 3.8) is 0 Å². The smallest absolute Gasteiger partial charge is 0.243 e. The zero-order valence-corrected chi connectivity index (χ0v) is 12.9. The van der Waals surface area contributed by atoms with Crippen molar-refractivity contribution in [1.29, 1.82) is 0 Å². The average molecular weight is 314 g/mol. The fourth-order valence-corrected chi connectivity index (χ4v) is 3.97. The minimum absolute atomic E-state index is 0.0195. The van der Waals surface area contributed by atoms with Gasteiger partial charge in [0.05, 0.1) is 24.9 Å². The molecular formula is C17H18N2O4. The van der Waals surface area contributed by atoms with Crippen LogP contribution in [0.1, 0.15) is 13.3 Å².